The zero-order valence-electron chi connectivity index (χ0n) is 9.31. The zero-order chi connectivity index (χ0) is 12.7. The second-order valence-corrected chi connectivity index (χ2v) is 6.04. The molecular formula is C14H9BrO2S. The molecule has 0 bridgehead atoms. The van der Waals surface area contributed by atoms with Gasteiger partial charge < -0.3 is 5.11 Å². The molecule has 0 spiro atoms. The van der Waals surface area contributed by atoms with E-state index in [4.69, 9.17) is 0 Å². The first kappa shape index (κ1) is 11.7. The van der Waals surface area contributed by atoms with Crippen LogP contribution in [0, 0.1) is 0 Å². The standard InChI is InChI=1S/C14H9BrO2S/c15-10-5-12(18-7-10)4-9-3-8-1-2-11(16)6-13(8)14(9)17/h1-2,4-7,16H,3H2. The molecule has 0 fully saturated rings. The number of phenols is 1. The summed E-state index contributed by atoms with van der Waals surface area (Å²) in [6.07, 6.45) is 2.57. The highest BCUT2D eigenvalue weighted by Crippen LogP contribution is 2.31. The first-order valence-corrected chi connectivity index (χ1v) is 7.12. The summed E-state index contributed by atoms with van der Waals surface area (Å²) in [5.41, 5.74) is 2.39. The zero-order valence-corrected chi connectivity index (χ0v) is 11.7. The molecule has 2 aromatic rings. The third-order valence-corrected chi connectivity index (χ3v) is 4.56. The maximum absolute atomic E-state index is 12.2. The minimum atomic E-state index is 0.0189. The van der Waals surface area contributed by atoms with Gasteiger partial charge in [0.25, 0.3) is 0 Å². The average molecular weight is 321 g/mol. The van der Waals surface area contributed by atoms with E-state index in [1.807, 2.05) is 23.6 Å². The Balaban J connectivity index is 1.99. The van der Waals surface area contributed by atoms with Gasteiger partial charge in [0.2, 0.25) is 0 Å². The van der Waals surface area contributed by atoms with Crippen molar-refractivity contribution < 1.29 is 9.90 Å². The molecule has 1 aliphatic rings. The van der Waals surface area contributed by atoms with Crippen molar-refractivity contribution in [2.45, 2.75) is 6.42 Å². The molecule has 0 aliphatic heterocycles. The fourth-order valence-corrected chi connectivity index (χ4v) is 3.48. The molecule has 1 heterocycles. The highest BCUT2D eigenvalue weighted by atomic mass is 79.9. The summed E-state index contributed by atoms with van der Waals surface area (Å²) >= 11 is 4.99. The number of hydrogen-bond donors (Lipinski definition) is 1. The first-order valence-electron chi connectivity index (χ1n) is 5.45. The van der Waals surface area contributed by atoms with Gasteiger partial charge in [0.15, 0.2) is 5.78 Å². The topological polar surface area (TPSA) is 37.3 Å². The van der Waals surface area contributed by atoms with Crippen LogP contribution in [-0.4, -0.2) is 10.9 Å². The van der Waals surface area contributed by atoms with Gasteiger partial charge >= 0.3 is 0 Å². The summed E-state index contributed by atoms with van der Waals surface area (Å²) in [7, 11) is 0. The number of ketones is 1. The lowest BCUT2D eigenvalue weighted by Crippen LogP contribution is -1.94. The van der Waals surface area contributed by atoms with Gasteiger partial charge in [0, 0.05) is 32.3 Å². The molecule has 1 aliphatic carbocycles. The van der Waals surface area contributed by atoms with Crippen LogP contribution < -0.4 is 0 Å². The van der Waals surface area contributed by atoms with Crippen LogP contribution in [0.1, 0.15) is 20.8 Å². The summed E-state index contributed by atoms with van der Waals surface area (Å²) in [4.78, 5) is 13.2. The van der Waals surface area contributed by atoms with Crippen LogP contribution in [-0.2, 0) is 6.42 Å². The third-order valence-electron chi connectivity index (χ3n) is 2.91. The van der Waals surface area contributed by atoms with Gasteiger partial charge in [-0.1, -0.05) is 6.07 Å². The van der Waals surface area contributed by atoms with E-state index in [2.05, 4.69) is 15.9 Å². The third kappa shape index (κ3) is 2.02. The summed E-state index contributed by atoms with van der Waals surface area (Å²) in [5.74, 6) is 0.160. The van der Waals surface area contributed by atoms with Gasteiger partial charge in [0.05, 0.1) is 0 Å². The Bertz CT molecular complexity index is 670. The maximum Gasteiger partial charge on any atom is 0.189 e. The van der Waals surface area contributed by atoms with E-state index in [0.717, 1.165) is 20.5 Å². The molecule has 2 nitrogen and oxygen atoms in total. The minimum Gasteiger partial charge on any atom is -0.508 e. The quantitative estimate of drug-likeness (QED) is 0.805. The summed E-state index contributed by atoms with van der Waals surface area (Å²) in [6, 6.07) is 6.97. The molecule has 0 radical (unpaired) electrons. The van der Waals surface area contributed by atoms with Crippen LogP contribution in [0.3, 0.4) is 0 Å². The number of aromatic hydroxyl groups is 1. The van der Waals surface area contributed by atoms with Crippen LogP contribution in [0.25, 0.3) is 6.08 Å². The molecule has 0 saturated heterocycles. The minimum absolute atomic E-state index is 0.0189. The van der Waals surface area contributed by atoms with Crippen molar-refractivity contribution in [1.29, 1.82) is 0 Å². The smallest absolute Gasteiger partial charge is 0.189 e. The monoisotopic (exact) mass is 320 g/mol. The number of carbonyl (C=O) groups excluding carboxylic acids is 1. The van der Waals surface area contributed by atoms with Crippen molar-refractivity contribution in [3.63, 3.8) is 0 Å². The van der Waals surface area contributed by atoms with E-state index in [9.17, 15) is 9.90 Å². The molecule has 0 saturated carbocycles. The second-order valence-electron chi connectivity index (χ2n) is 4.18. The van der Waals surface area contributed by atoms with E-state index in [1.165, 1.54) is 0 Å². The van der Waals surface area contributed by atoms with Crippen molar-refractivity contribution in [3.8, 4) is 5.75 Å². The second kappa shape index (κ2) is 4.37. The Kier molecular flexibility index (Phi) is 2.84. The summed E-state index contributed by atoms with van der Waals surface area (Å²) in [5, 5.41) is 11.4. The Labute approximate surface area is 117 Å². The lowest BCUT2D eigenvalue weighted by atomic mass is 10.1. The van der Waals surface area contributed by atoms with Crippen LogP contribution in [0.2, 0.25) is 0 Å². The molecule has 0 amide bonds. The summed E-state index contributed by atoms with van der Waals surface area (Å²) < 4.78 is 1.03. The van der Waals surface area contributed by atoms with E-state index in [0.29, 0.717) is 12.0 Å². The number of benzene rings is 1. The number of allylic oxidation sites excluding steroid dienone is 1. The van der Waals surface area contributed by atoms with Gasteiger partial charge in [-0.2, -0.15) is 0 Å². The van der Waals surface area contributed by atoms with Gasteiger partial charge in [-0.25, -0.2) is 0 Å². The highest BCUT2D eigenvalue weighted by Gasteiger charge is 2.25. The van der Waals surface area contributed by atoms with Crippen LogP contribution in [0.15, 0.2) is 39.7 Å². The molecular weight excluding hydrogens is 312 g/mol. The molecule has 1 N–H and O–H groups in total. The van der Waals surface area contributed by atoms with Gasteiger partial charge in [-0.3, -0.25) is 4.79 Å². The predicted molar refractivity (Wildman–Crippen MR) is 76.1 cm³/mol. The molecule has 0 atom stereocenters. The SMILES string of the molecule is O=C1C(=Cc2cc(Br)cs2)Cc2ccc(O)cc21. The van der Waals surface area contributed by atoms with Gasteiger partial charge in [-0.05, 0) is 45.8 Å². The number of halogens is 1. The molecule has 4 heteroatoms. The molecule has 0 unspecified atom stereocenters. The number of phenolic OH excluding ortho intramolecular Hbond substituents is 1. The van der Waals surface area contributed by atoms with Gasteiger partial charge in [0.1, 0.15) is 5.75 Å². The van der Waals surface area contributed by atoms with E-state index >= 15 is 0 Å². The van der Waals surface area contributed by atoms with E-state index in [1.54, 1.807) is 23.5 Å². The molecule has 1 aromatic heterocycles. The molecule has 90 valence electrons. The van der Waals surface area contributed by atoms with Crippen LogP contribution in [0.4, 0.5) is 0 Å². The fraction of sp³-hybridized carbons (Fsp3) is 0.0714. The van der Waals surface area contributed by atoms with Crippen LogP contribution >= 0.6 is 27.3 Å². The largest absolute Gasteiger partial charge is 0.508 e. The van der Waals surface area contributed by atoms with Crippen LogP contribution in [0.5, 0.6) is 5.75 Å². The first-order chi connectivity index (χ1) is 8.63. The number of carbonyl (C=O) groups is 1. The Morgan fingerprint density at radius 3 is 2.89 bits per heavy atom. The normalized spacial score (nSPS) is 16.3. The van der Waals surface area contributed by atoms with E-state index in [-0.39, 0.29) is 11.5 Å². The number of fused-ring (bicyclic) bond motifs is 1. The fourth-order valence-electron chi connectivity index (χ4n) is 2.08. The van der Waals surface area contributed by atoms with Crippen molar-refractivity contribution in [3.05, 3.63) is 55.7 Å². The van der Waals surface area contributed by atoms with Gasteiger partial charge in [-0.15, -0.1) is 11.3 Å². The lowest BCUT2D eigenvalue weighted by molar-refractivity contribution is 0.104. The number of rotatable bonds is 1. The molecule has 3 rings (SSSR count). The predicted octanol–water partition coefficient (Wildman–Crippen LogP) is 4.04. The number of thiophene rings is 1. The van der Waals surface area contributed by atoms with E-state index < -0.39 is 0 Å². The molecule has 18 heavy (non-hydrogen) atoms. The molecule has 1 aromatic carbocycles. The Morgan fingerprint density at radius 1 is 1.33 bits per heavy atom. The summed E-state index contributed by atoms with van der Waals surface area (Å²) in [6.45, 7) is 0. The van der Waals surface area contributed by atoms with Crippen molar-refractivity contribution in [2.75, 3.05) is 0 Å². The lowest BCUT2D eigenvalue weighted by Gasteiger charge is -1.95. The van der Waals surface area contributed by atoms with Crippen molar-refractivity contribution in [2.24, 2.45) is 0 Å². The maximum atomic E-state index is 12.2. The number of hydrogen-bond acceptors (Lipinski definition) is 3. The highest BCUT2D eigenvalue weighted by molar-refractivity contribution is 9.10. The Hall–Kier alpha value is -1.39. The average Bonchev–Trinajstić information content (AvgIpc) is 2.86. The Morgan fingerprint density at radius 2 is 2.17 bits per heavy atom. The van der Waals surface area contributed by atoms with Crippen molar-refractivity contribution >= 4 is 39.1 Å². The van der Waals surface area contributed by atoms with Crippen molar-refractivity contribution in [1.82, 2.24) is 0 Å². The number of Topliss-reactive ketones (excluding diaryl/α,β-unsaturated/α-hetero) is 1.